The lowest BCUT2D eigenvalue weighted by atomic mass is 9.93. The zero-order valence-corrected chi connectivity index (χ0v) is 7.36. The van der Waals surface area contributed by atoms with Crippen LogP contribution in [0.3, 0.4) is 0 Å². The second-order valence-corrected chi connectivity index (χ2v) is 4.72. The quantitative estimate of drug-likeness (QED) is 0.547. The molecule has 1 aliphatic heterocycles. The van der Waals surface area contributed by atoms with Gasteiger partial charge in [0.15, 0.2) is 5.79 Å². The van der Waals surface area contributed by atoms with Crippen molar-refractivity contribution in [1.29, 1.82) is 0 Å². The minimum absolute atomic E-state index is 0.293. The maximum atomic E-state index is 11.6. The number of rotatable bonds is 0. The molecule has 0 N–H and O–H groups in total. The molecule has 0 aromatic heterocycles. The van der Waals surface area contributed by atoms with Gasteiger partial charge in [-0.05, 0) is 12.8 Å². The maximum Gasteiger partial charge on any atom is 0.175 e. The molecule has 3 heteroatoms. The normalized spacial score (nSPS) is 54.6. The Kier molecular flexibility index (Phi) is 0.984. The summed E-state index contributed by atoms with van der Waals surface area (Å²) in [5, 5.41) is 0. The van der Waals surface area contributed by atoms with Gasteiger partial charge >= 0.3 is 0 Å². The molecule has 13 heavy (non-hydrogen) atoms. The lowest BCUT2D eigenvalue weighted by Crippen LogP contribution is -2.41. The van der Waals surface area contributed by atoms with E-state index in [2.05, 4.69) is 0 Å². The van der Waals surface area contributed by atoms with Crippen molar-refractivity contribution in [2.24, 2.45) is 23.7 Å². The molecule has 0 aromatic carbocycles. The number of ketones is 1. The molecular formula is C10H12O3. The Bertz CT molecular complexity index is 271. The highest BCUT2D eigenvalue weighted by Crippen LogP contribution is 2.68. The summed E-state index contributed by atoms with van der Waals surface area (Å²) in [4.78, 5) is 11.6. The van der Waals surface area contributed by atoms with Gasteiger partial charge in [0.05, 0.1) is 13.2 Å². The molecule has 0 aromatic rings. The average Bonchev–Trinajstić information content (AvgIpc) is 3.02. The molecule has 0 unspecified atom stereocenters. The zero-order chi connectivity index (χ0) is 8.63. The van der Waals surface area contributed by atoms with Crippen LogP contribution < -0.4 is 0 Å². The van der Waals surface area contributed by atoms with Crippen LogP contribution in [0, 0.1) is 23.7 Å². The first-order valence-electron chi connectivity index (χ1n) is 5.14. The molecule has 0 radical (unpaired) electrons. The van der Waals surface area contributed by atoms with Gasteiger partial charge in [0.25, 0.3) is 0 Å². The number of carbonyl (C=O) groups excluding carboxylic acids is 1. The summed E-state index contributed by atoms with van der Waals surface area (Å²) in [6.07, 6.45) is 2.04. The highest BCUT2D eigenvalue weighted by molar-refractivity contribution is 5.90. The molecule has 0 bridgehead atoms. The molecule has 4 aliphatic rings. The number of ether oxygens (including phenoxy) is 2. The Morgan fingerprint density at radius 2 is 1.62 bits per heavy atom. The fourth-order valence-electron chi connectivity index (χ4n) is 3.33. The van der Waals surface area contributed by atoms with Crippen molar-refractivity contribution in [3.63, 3.8) is 0 Å². The van der Waals surface area contributed by atoms with Crippen LogP contribution in [0.25, 0.3) is 0 Å². The van der Waals surface area contributed by atoms with E-state index in [0.29, 0.717) is 29.5 Å². The summed E-state index contributed by atoms with van der Waals surface area (Å²) >= 11 is 0. The molecule has 1 spiro atoms. The Morgan fingerprint density at radius 3 is 2.15 bits per heavy atom. The van der Waals surface area contributed by atoms with Crippen LogP contribution in [0.4, 0.5) is 0 Å². The second-order valence-electron chi connectivity index (χ2n) is 4.72. The summed E-state index contributed by atoms with van der Waals surface area (Å²) in [7, 11) is 0. The van der Waals surface area contributed by atoms with Gasteiger partial charge in [-0.15, -0.1) is 0 Å². The third kappa shape index (κ3) is 0.647. The Hall–Kier alpha value is -0.410. The molecular weight excluding hydrogens is 168 g/mol. The van der Waals surface area contributed by atoms with Crippen LogP contribution in [0.5, 0.6) is 0 Å². The summed E-state index contributed by atoms with van der Waals surface area (Å²) in [5.74, 6) is 1.60. The standard InChI is InChI=1S/C10H12O3/c11-9-5-3-7(5)10(8-4-6(8)9)12-1-2-13-10/h5-8H,1-4H2/t5-,6-,7-,8+/m1/s1. The first-order valence-corrected chi connectivity index (χ1v) is 5.14. The molecule has 3 saturated carbocycles. The van der Waals surface area contributed by atoms with Gasteiger partial charge < -0.3 is 9.47 Å². The van der Waals surface area contributed by atoms with Crippen LogP contribution in [-0.4, -0.2) is 24.8 Å². The Morgan fingerprint density at radius 1 is 1.08 bits per heavy atom. The summed E-state index contributed by atoms with van der Waals surface area (Å²) in [6.45, 7) is 1.45. The van der Waals surface area contributed by atoms with Crippen molar-refractivity contribution in [2.45, 2.75) is 18.6 Å². The molecule has 1 heterocycles. The Labute approximate surface area is 76.4 Å². The first kappa shape index (κ1) is 6.96. The molecule has 0 amide bonds. The largest absolute Gasteiger partial charge is 0.347 e. The van der Waals surface area contributed by atoms with Crippen molar-refractivity contribution in [3.8, 4) is 0 Å². The fourth-order valence-corrected chi connectivity index (χ4v) is 3.33. The highest BCUT2D eigenvalue weighted by Gasteiger charge is 2.74. The second kappa shape index (κ2) is 1.84. The van der Waals surface area contributed by atoms with Crippen LogP contribution in [0.15, 0.2) is 0 Å². The van der Waals surface area contributed by atoms with E-state index in [1.807, 2.05) is 0 Å². The molecule has 70 valence electrons. The van der Waals surface area contributed by atoms with E-state index in [9.17, 15) is 4.79 Å². The average molecular weight is 180 g/mol. The predicted octanol–water partition coefficient (Wildman–Crippen LogP) is 0.584. The molecule has 4 rings (SSSR count). The predicted molar refractivity (Wildman–Crippen MR) is 42.8 cm³/mol. The number of hydrogen-bond acceptors (Lipinski definition) is 3. The minimum atomic E-state index is -0.302. The van der Waals surface area contributed by atoms with Crippen molar-refractivity contribution in [3.05, 3.63) is 0 Å². The van der Waals surface area contributed by atoms with Gasteiger partial charge in [0.2, 0.25) is 0 Å². The fraction of sp³-hybridized carbons (Fsp3) is 0.900. The van der Waals surface area contributed by atoms with E-state index in [-0.39, 0.29) is 5.79 Å². The van der Waals surface area contributed by atoms with E-state index in [1.165, 1.54) is 0 Å². The van der Waals surface area contributed by atoms with E-state index in [0.717, 1.165) is 26.1 Å². The van der Waals surface area contributed by atoms with Gasteiger partial charge in [-0.3, -0.25) is 4.79 Å². The third-order valence-corrected chi connectivity index (χ3v) is 4.08. The number of fused-ring (bicyclic) bond motifs is 4. The molecule has 3 nitrogen and oxygen atoms in total. The van der Waals surface area contributed by atoms with E-state index >= 15 is 0 Å². The molecule has 1 saturated heterocycles. The topological polar surface area (TPSA) is 35.5 Å². The molecule has 3 aliphatic carbocycles. The van der Waals surface area contributed by atoms with E-state index in [1.54, 1.807) is 0 Å². The molecule has 4 fully saturated rings. The first-order chi connectivity index (χ1) is 6.33. The zero-order valence-electron chi connectivity index (χ0n) is 7.36. The lowest BCUT2D eigenvalue weighted by molar-refractivity contribution is -0.200. The SMILES string of the molecule is O=C1[C@@H]2C[C@H]2C2(OCCO2)[C@H]2C[C@@H]12. The van der Waals surface area contributed by atoms with Crippen molar-refractivity contribution in [2.75, 3.05) is 13.2 Å². The van der Waals surface area contributed by atoms with Gasteiger partial charge in [-0.2, -0.15) is 0 Å². The summed E-state index contributed by atoms with van der Waals surface area (Å²) in [5.41, 5.74) is 0. The van der Waals surface area contributed by atoms with Crippen LogP contribution in [-0.2, 0) is 14.3 Å². The van der Waals surface area contributed by atoms with Crippen LogP contribution in [0.1, 0.15) is 12.8 Å². The maximum absolute atomic E-state index is 11.6. The number of carbonyl (C=O) groups is 1. The highest BCUT2D eigenvalue weighted by atomic mass is 16.7. The third-order valence-electron chi connectivity index (χ3n) is 4.08. The summed E-state index contributed by atoms with van der Waals surface area (Å²) in [6, 6.07) is 0. The number of Topliss-reactive ketones (excluding diaryl/α,β-unsaturated/α-hetero) is 1. The van der Waals surface area contributed by atoms with Gasteiger partial charge in [0, 0.05) is 23.7 Å². The van der Waals surface area contributed by atoms with E-state index < -0.39 is 0 Å². The number of hydrogen-bond donors (Lipinski definition) is 0. The van der Waals surface area contributed by atoms with Crippen LogP contribution in [0.2, 0.25) is 0 Å². The van der Waals surface area contributed by atoms with Gasteiger partial charge in [-0.25, -0.2) is 0 Å². The van der Waals surface area contributed by atoms with Crippen LogP contribution >= 0.6 is 0 Å². The van der Waals surface area contributed by atoms with Gasteiger partial charge in [-0.1, -0.05) is 0 Å². The van der Waals surface area contributed by atoms with Crippen molar-refractivity contribution in [1.82, 2.24) is 0 Å². The van der Waals surface area contributed by atoms with Crippen molar-refractivity contribution < 1.29 is 14.3 Å². The smallest absolute Gasteiger partial charge is 0.175 e. The van der Waals surface area contributed by atoms with E-state index in [4.69, 9.17) is 9.47 Å². The minimum Gasteiger partial charge on any atom is -0.347 e. The Balaban J connectivity index is 1.76. The lowest BCUT2D eigenvalue weighted by Gasteiger charge is -2.30. The monoisotopic (exact) mass is 180 g/mol. The molecule has 4 atom stereocenters. The summed E-state index contributed by atoms with van der Waals surface area (Å²) < 4.78 is 11.5. The van der Waals surface area contributed by atoms with Gasteiger partial charge in [0.1, 0.15) is 5.78 Å². The van der Waals surface area contributed by atoms with Crippen molar-refractivity contribution >= 4 is 5.78 Å².